The molecule has 0 aromatic carbocycles. The first-order chi connectivity index (χ1) is 9.65. The molecular weight excluding hydrogens is 395 g/mol. The Kier molecular flexibility index (Phi) is 12.0. The van der Waals surface area contributed by atoms with Gasteiger partial charge in [-0.2, -0.15) is 0 Å². The van der Waals surface area contributed by atoms with Gasteiger partial charge in [0.25, 0.3) is 0 Å². The highest BCUT2D eigenvalue weighted by Crippen LogP contribution is 2.11. The smallest absolute Gasteiger partial charge is 0.191 e. The van der Waals surface area contributed by atoms with E-state index >= 15 is 0 Å². The van der Waals surface area contributed by atoms with Crippen LogP contribution >= 0.6 is 35.3 Å². The molecule has 0 saturated heterocycles. The molecule has 21 heavy (non-hydrogen) atoms. The van der Waals surface area contributed by atoms with E-state index in [2.05, 4.69) is 48.3 Å². The van der Waals surface area contributed by atoms with Gasteiger partial charge in [0, 0.05) is 23.7 Å². The van der Waals surface area contributed by atoms with Crippen LogP contribution in [-0.2, 0) is 6.54 Å². The molecule has 1 heterocycles. The summed E-state index contributed by atoms with van der Waals surface area (Å²) in [6, 6.07) is 0.456. The summed E-state index contributed by atoms with van der Waals surface area (Å²) >= 11 is 1.71. The van der Waals surface area contributed by atoms with Crippen LogP contribution in [-0.4, -0.2) is 23.5 Å². The molecule has 1 aromatic rings. The van der Waals surface area contributed by atoms with E-state index in [1.54, 1.807) is 11.3 Å². The zero-order valence-corrected chi connectivity index (χ0v) is 16.8. The number of halogens is 1. The zero-order chi connectivity index (χ0) is 14.8. The average Bonchev–Trinajstić information content (AvgIpc) is 2.82. The summed E-state index contributed by atoms with van der Waals surface area (Å²) < 4.78 is 0. The summed E-state index contributed by atoms with van der Waals surface area (Å²) in [5, 5.41) is 7.83. The molecule has 0 aliphatic carbocycles. The van der Waals surface area contributed by atoms with Gasteiger partial charge in [-0.15, -0.1) is 35.3 Å². The fourth-order valence-electron chi connectivity index (χ4n) is 1.95. The fourth-order valence-corrected chi connectivity index (χ4v) is 2.66. The van der Waals surface area contributed by atoms with Crippen LogP contribution in [0.4, 0.5) is 0 Å². The lowest BCUT2D eigenvalue weighted by Crippen LogP contribution is -2.42. The fraction of sp³-hybridized carbons (Fsp3) is 0.733. The van der Waals surface area contributed by atoms with E-state index in [0.29, 0.717) is 12.6 Å². The largest absolute Gasteiger partial charge is 0.357 e. The molecular formula is C15H29IN4S. The minimum absolute atomic E-state index is 0. The lowest BCUT2D eigenvalue weighted by molar-refractivity contribution is 0.547. The van der Waals surface area contributed by atoms with Gasteiger partial charge in [0.15, 0.2) is 5.96 Å². The minimum atomic E-state index is 0. The molecule has 0 bridgehead atoms. The standard InChI is InChI=1S/C15H28N4S.HI/c1-5-7-8-9-12(3)19-15(16-6-2)18-11-14-17-10-13(4)20-14;/h10,12H,5-9,11H2,1-4H3,(H2,16,18,19);1H. The first-order valence-electron chi connectivity index (χ1n) is 7.61. The molecule has 0 saturated carbocycles. The van der Waals surface area contributed by atoms with E-state index in [9.17, 15) is 0 Å². The monoisotopic (exact) mass is 424 g/mol. The van der Waals surface area contributed by atoms with Gasteiger partial charge in [-0.05, 0) is 27.2 Å². The third kappa shape index (κ3) is 9.29. The van der Waals surface area contributed by atoms with E-state index in [4.69, 9.17) is 0 Å². The van der Waals surface area contributed by atoms with Crippen LogP contribution < -0.4 is 10.6 Å². The van der Waals surface area contributed by atoms with Crippen molar-refractivity contribution in [2.45, 2.75) is 66.0 Å². The van der Waals surface area contributed by atoms with E-state index in [1.165, 1.54) is 30.6 Å². The van der Waals surface area contributed by atoms with Crippen molar-refractivity contribution < 1.29 is 0 Å². The molecule has 1 rings (SSSR count). The SMILES string of the molecule is CCCCCC(C)NC(=NCc1ncc(C)s1)NCC.I. The van der Waals surface area contributed by atoms with Crippen LogP contribution in [0.5, 0.6) is 0 Å². The molecule has 6 heteroatoms. The van der Waals surface area contributed by atoms with E-state index < -0.39 is 0 Å². The summed E-state index contributed by atoms with van der Waals surface area (Å²) in [5.74, 6) is 0.893. The molecule has 4 nitrogen and oxygen atoms in total. The summed E-state index contributed by atoms with van der Waals surface area (Å²) in [6.07, 6.45) is 6.94. The van der Waals surface area contributed by atoms with Crippen molar-refractivity contribution in [1.29, 1.82) is 0 Å². The summed E-state index contributed by atoms with van der Waals surface area (Å²) in [6.45, 7) is 10.1. The Morgan fingerprint density at radius 3 is 2.71 bits per heavy atom. The number of guanidine groups is 1. The Balaban J connectivity index is 0.00000400. The number of thiazole rings is 1. The maximum absolute atomic E-state index is 4.61. The highest BCUT2D eigenvalue weighted by atomic mass is 127. The summed E-state index contributed by atoms with van der Waals surface area (Å²) in [5.41, 5.74) is 0. The first-order valence-corrected chi connectivity index (χ1v) is 8.43. The van der Waals surface area contributed by atoms with Crippen LogP contribution in [0.25, 0.3) is 0 Å². The number of aromatic nitrogens is 1. The van der Waals surface area contributed by atoms with Gasteiger partial charge >= 0.3 is 0 Å². The zero-order valence-electron chi connectivity index (χ0n) is 13.6. The predicted octanol–water partition coefficient (Wildman–Crippen LogP) is 4.09. The molecule has 2 N–H and O–H groups in total. The normalized spacial score (nSPS) is 12.7. The van der Waals surface area contributed by atoms with E-state index in [1.807, 2.05) is 6.20 Å². The number of hydrogen-bond donors (Lipinski definition) is 2. The quantitative estimate of drug-likeness (QED) is 0.286. The third-order valence-electron chi connectivity index (χ3n) is 3.01. The number of aryl methyl sites for hydroxylation is 1. The lowest BCUT2D eigenvalue weighted by atomic mass is 10.1. The predicted molar refractivity (Wildman–Crippen MR) is 104 cm³/mol. The number of unbranched alkanes of at least 4 members (excludes halogenated alkanes) is 2. The van der Waals surface area contributed by atoms with Gasteiger partial charge < -0.3 is 10.6 Å². The molecule has 1 atom stereocenters. The van der Waals surface area contributed by atoms with Gasteiger partial charge in [-0.3, -0.25) is 0 Å². The molecule has 0 radical (unpaired) electrons. The van der Waals surface area contributed by atoms with Crippen LogP contribution in [0.2, 0.25) is 0 Å². The Bertz CT molecular complexity index is 406. The maximum atomic E-state index is 4.61. The Morgan fingerprint density at radius 1 is 1.38 bits per heavy atom. The van der Waals surface area contributed by atoms with Gasteiger partial charge in [0.1, 0.15) is 5.01 Å². The number of aliphatic imine (C=N–C) groups is 1. The van der Waals surface area contributed by atoms with Crippen molar-refractivity contribution in [2.24, 2.45) is 4.99 Å². The second-order valence-electron chi connectivity index (χ2n) is 5.10. The first kappa shape index (κ1) is 20.6. The second kappa shape index (κ2) is 12.2. The van der Waals surface area contributed by atoms with E-state index in [-0.39, 0.29) is 24.0 Å². The number of nitrogens with one attached hydrogen (secondary N) is 2. The topological polar surface area (TPSA) is 49.3 Å². The molecule has 0 spiro atoms. The van der Waals surface area contributed by atoms with Crippen LogP contribution in [0.15, 0.2) is 11.2 Å². The van der Waals surface area contributed by atoms with Crippen molar-refractivity contribution >= 4 is 41.3 Å². The second-order valence-corrected chi connectivity index (χ2v) is 6.42. The van der Waals surface area contributed by atoms with Crippen molar-refractivity contribution in [1.82, 2.24) is 15.6 Å². The van der Waals surface area contributed by atoms with Crippen LogP contribution in [0.1, 0.15) is 56.3 Å². The molecule has 1 aromatic heterocycles. The number of hydrogen-bond acceptors (Lipinski definition) is 3. The van der Waals surface area contributed by atoms with Crippen molar-refractivity contribution in [2.75, 3.05) is 6.54 Å². The lowest BCUT2D eigenvalue weighted by Gasteiger charge is -2.17. The van der Waals surface area contributed by atoms with E-state index in [0.717, 1.165) is 17.5 Å². The Morgan fingerprint density at radius 2 is 2.14 bits per heavy atom. The highest BCUT2D eigenvalue weighted by molar-refractivity contribution is 14.0. The summed E-state index contributed by atoms with van der Waals surface area (Å²) in [4.78, 5) is 10.2. The number of nitrogens with zero attached hydrogens (tertiary/aromatic N) is 2. The Labute approximate surface area is 150 Å². The van der Waals surface area contributed by atoms with Crippen LogP contribution in [0.3, 0.4) is 0 Å². The van der Waals surface area contributed by atoms with Crippen LogP contribution in [0, 0.1) is 6.92 Å². The molecule has 0 aliphatic heterocycles. The molecule has 122 valence electrons. The molecule has 0 fully saturated rings. The van der Waals surface area contributed by atoms with Crippen molar-refractivity contribution in [3.63, 3.8) is 0 Å². The molecule has 1 unspecified atom stereocenters. The van der Waals surface area contributed by atoms with Gasteiger partial charge in [-0.25, -0.2) is 9.98 Å². The van der Waals surface area contributed by atoms with Gasteiger partial charge in [0.05, 0.1) is 6.54 Å². The third-order valence-corrected chi connectivity index (χ3v) is 3.91. The van der Waals surface area contributed by atoms with Gasteiger partial charge in [0.2, 0.25) is 0 Å². The molecule has 0 amide bonds. The number of rotatable bonds is 8. The maximum Gasteiger partial charge on any atom is 0.191 e. The Hall–Kier alpha value is -0.370. The van der Waals surface area contributed by atoms with Crippen molar-refractivity contribution in [3.05, 3.63) is 16.1 Å². The summed E-state index contributed by atoms with van der Waals surface area (Å²) in [7, 11) is 0. The molecule has 0 aliphatic rings. The van der Waals surface area contributed by atoms with Crippen molar-refractivity contribution in [3.8, 4) is 0 Å². The minimum Gasteiger partial charge on any atom is -0.357 e. The highest BCUT2D eigenvalue weighted by Gasteiger charge is 2.05. The van der Waals surface area contributed by atoms with Gasteiger partial charge in [-0.1, -0.05) is 26.2 Å². The average molecular weight is 424 g/mol.